The van der Waals surface area contributed by atoms with Gasteiger partial charge in [-0.25, -0.2) is 0 Å². The molecule has 0 aliphatic heterocycles. The maximum absolute atomic E-state index is 12.7. The van der Waals surface area contributed by atoms with Gasteiger partial charge in [0.1, 0.15) is 11.0 Å². The first-order chi connectivity index (χ1) is 12.1. The fourth-order valence-electron chi connectivity index (χ4n) is 3.19. The molecule has 0 bridgehead atoms. The standard InChI is InChI=1S/C15H23N7OS2/c1-3-10(22-13(16)19-21-15(22)24-2)11(23)17-14-20-18-12(25-14)9-7-5-4-6-8-9/h9-10H,3-8H2,1-2H3,(H2,16,19)(H,17,20,23). The molecule has 3 N–H and O–H groups in total. The molecule has 1 saturated carbocycles. The number of nitrogen functional groups attached to an aromatic ring is 1. The van der Waals surface area contributed by atoms with E-state index >= 15 is 0 Å². The minimum atomic E-state index is -0.473. The summed E-state index contributed by atoms with van der Waals surface area (Å²) in [7, 11) is 0. The SMILES string of the molecule is CCC(C(=O)Nc1nnc(C2CCCCC2)s1)n1c(N)nnc1SC. The summed E-state index contributed by atoms with van der Waals surface area (Å²) >= 11 is 2.89. The fourth-order valence-corrected chi connectivity index (χ4v) is 4.65. The van der Waals surface area contributed by atoms with Gasteiger partial charge in [-0.3, -0.25) is 14.7 Å². The van der Waals surface area contributed by atoms with Crippen LogP contribution in [0.3, 0.4) is 0 Å². The molecule has 0 saturated heterocycles. The lowest BCUT2D eigenvalue weighted by Gasteiger charge is -2.18. The number of carbonyl (C=O) groups is 1. The summed E-state index contributed by atoms with van der Waals surface area (Å²) in [6.07, 6.45) is 8.57. The zero-order valence-electron chi connectivity index (χ0n) is 14.4. The minimum absolute atomic E-state index is 0.171. The summed E-state index contributed by atoms with van der Waals surface area (Å²) in [5.74, 6) is 0.553. The Morgan fingerprint density at radius 2 is 2.08 bits per heavy atom. The van der Waals surface area contributed by atoms with Crippen LogP contribution in [0, 0.1) is 0 Å². The van der Waals surface area contributed by atoms with E-state index in [2.05, 4.69) is 25.7 Å². The number of nitrogens with zero attached hydrogens (tertiary/aromatic N) is 5. The van der Waals surface area contributed by atoms with E-state index in [1.807, 2.05) is 13.2 Å². The molecule has 1 unspecified atom stereocenters. The number of carbonyl (C=O) groups excluding carboxylic acids is 1. The van der Waals surface area contributed by atoms with Gasteiger partial charge < -0.3 is 5.73 Å². The number of hydrogen-bond donors (Lipinski definition) is 2. The molecule has 2 heterocycles. The van der Waals surface area contributed by atoms with Crippen LogP contribution in [0.15, 0.2) is 5.16 Å². The van der Waals surface area contributed by atoms with Crippen molar-refractivity contribution in [1.82, 2.24) is 25.0 Å². The van der Waals surface area contributed by atoms with E-state index in [4.69, 9.17) is 5.73 Å². The highest BCUT2D eigenvalue weighted by Gasteiger charge is 2.26. The van der Waals surface area contributed by atoms with Crippen molar-refractivity contribution < 1.29 is 4.79 Å². The van der Waals surface area contributed by atoms with Gasteiger partial charge in [0.15, 0.2) is 5.16 Å². The third-order valence-electron chi connectivity index (χ3n) is 4.50. The molecule has 1 fully saturated rings. The van der Waals surface area contributed by atoms with Crippen LogP contribution >= 0.6 is 23.1 Å². The van der Waals surface area contributed by atoms with Crippen LogP contribution in [-0.2, 0) is 4.79 Å². The summed E-state index contributed by atoms with van der Waals surface area (Å²) in [4.78, 5) is 12.7. The molecule has 1 aliphatic carbocycles. The maximum atomic E-state index is 12.7. The van der Waals surface area contributed by atoms with Gasteiger partial charge in [0.05, 0.1) is 0 Å². The summed E-state index contributed by atoms with van der Waals surface area (Å²) in [6, 6.07) is -0.473. The number of thioether (sulfide) groups is 1. The first-order valence-corrected chi connectivity index (χ1v) is 10.6. The summed E-state index contributed by atoms with van der Waals surface area (Å²) < 4.78 is 1.67. The van der Waals surface area contributed by atoms with Crippen molar-refractivity contribution in [3.05, 3.63) is 5.01 Å². The van der Waals surface area contributed by atoms with Crippen LogP contribution in [0.2, 0.25) is 0 Å². The zero-order valence-corrected chi connectivity index (χ0v) is 16.1. The molecule has 25 heavy (non-hydrogen) atoms. The van der Waals surface area contributed by atoms with E-state index in [1.54, 1.807) is 4.57 Å². The Hall–Kier alpha value is -1.68. The minimum Gasteiger partial charge on any atom is -0.368 e. The molecule has 1 atom stereocenters. The smallest absolute Gasteiger partial charge is 0.249 e. The monoisotopic (exact) mass is 381 g/mol. The molecule has 0 spiro atoms. The van der Waals surface area contributed by atoms with Gasteiger partial charge in [0.2, 0.25) is 17.0 Å². The zero-order chi connectivity index (χ0) is 17.8. The molecule has 1 amide bonds. The van der Waals surface area contributed by atoms with Gasteiger partial charge in [-0.1, -0.05) is 49.3 Å². The van der Waals surface area contributed by atoms with Gasteiger partial charge in [0.25, 0.3) is 0 Å². The van der Waals surface area contributed by atoms with E-state index < -0.39 is 6.04 Å². The van der Waals surface area contributed by atoms with E-state index in [-0.39, 0.29) is 11.9 Å². The van der Waals surface area contributed by atoms with Crippen LogP contribution in [-0.4, -0.2) is 37.1 Å². The Bertz CT molecular complexity index is 723. The lowest BCUT2D eigenvalue weighted by Crippen LogP contribution is -2.27. The predicted molar refractivity (Wildman–Crippen MR) is 99.9 cm³/mol. The molecule has 0 radical (unpaired) electrons. The number of anilines is 2. The molecule has 2 aromatic rings. The average molecular weight is 382 g/mol. The van der Waals surface area contributed by atoms with Gasteiger partial charge in [-0.15, -0.1) is 20.4 Å². The largest absolute Gasteiger partial charge is 0.368 e. The van der Waals surface area contributed by atoms with E-state index in [0.717, 1.165) is 17.8 Å². The number of rotatable bonds is 6. The summed E-state index contributed by atoms with van der Waals surface area (Å²) in [5, 5.41) is 21.4. The summed E-state index contributed by atoms with van der Waals surface area (Å²) in [5.41, 5.74) is 5.90. The van der Waals surface area contributed by atoms with E-state index in [0.29, 0.717) is 22.6 Å². The van der Waals surface area contributed by atoms with Crippen molar-refractivity contribution in [3.63, 3.8) is 0 Å². The normalized spacial score (nSPS) is 16.7. The molecule has 0 aromatic carbocycles. The maximum Gasteiger partial charge on any atom is 0.249 e. The van der Waals surface area contributed by atoms with Crippen molar-refractivity contribution >= 4 is 40.1 Å². The van der Waals surface area contributed by atoms with Crippen molar-refractivity contribution in [3.8, 4) is 0 Å². The fraction of sp³-hybridized carbons (Fsp3) is 0.667. The highest BCUT2D eigenvalue weighted by molar-refractivity contribution is 7.98. The predicted octanol–water partition coefficient (Wildman–Crippen LogP) is 3.07. The van der Waals surface area contributed by atoms with Crippen molar-refractivity contribution in [1.29, 1.82) is 0 Å². The van der Waals surface area contributed by atoms with Gasteiger partial charge >= 0.3 is 0 Å². The first kappa shape index (κ1) is 18.1. The highest BCUT2D eigenvalue weighted by Crippen LogP contribution is 2.35. The number of hydrogen-bond acceptors (Lipinski definition) is 8. The Morgan fingerprint density at radius 1 is 1.32 bits per heavy atom. The Kier molecular flexibility index (Phi) is 5.89. The van der Waals surface area contributed by atoms with Crippen LogP contribution in [0.1, 0.15) is 62.4 Å². The Balaban J connectivity index is 1.72. The third-order valence-corrected chi connectivity index (χ3v) is 6.14. The molecule has 10 heteroatoms. The van der Waals surface area contributed by atoms with Crippen LogP contribution < -0.4 is 11.1 Å². The van der Waals surface area contributed by atoms with Crippen LogP contribution in [0.4, 0.5) is 11.1 Å². The first-order valence-electron chi connectivity index (χ1n) is 8.52. The molecule has 2 aromatic heterocycles. The summed E-state index contributed by atoms with van der Waals surface area (Å²) in [6.45, 7) is 1.93. The number of nitrogens with one attached hydrogen (secondary N) is 1. The third kappa shape index (κ3) is 3.95. The second-order valence-corrected chi connectivity index (χ2v) is 7.89. The van der Waals surface area contributed by atoms with Crippen LogP contribution in [0.25, 0.3) is 0 Å². The van der Waals surface area contributed by atoms with Crippen LogP contribution in [0.5, 0.6) is 0 Å². The second kappa shape index (κ2) is 8.13. The van der Waals surface area contributed by atoms with Crippen molar-refractivity contribution in [2.45, 2.75) is 62.6 Å². The number of nitrogens with two attached hydrogens (primary N) is 1. The number of amides is 1. The van der Waals surface area contributed by atoms with Crippen molar-refractivity contribution in [2.24, 2.45) is 0 Å². The molecular weight excluding hydrogens is 358 g/mol. The topological polar surface area (TPSA) is 112 Å². The van der Waals surface area contributed by atoms with E-state index in [1.165, 1.54) is 42.4 Å². The average Bonchev–Trinajstić information content (AvgIpc) is 3.24. The Morgan fingerprint density at radius 3 is 2.76 bits per heavy atom. The van der Waals surface area contributed by atoms with Gasteiger partial charge in [-0.05, 0) is 25.5 Å². The molecule has 136 valence electrons. The lowest BCUT2D eigenvalue weighted by atomic mass is 9.90. The lowest BCUT2D eigenvalue weighted by molar-refractivity contribution is -0.119. The molecule has 3 rings (SSSR count). The van der Waals surface area contributed by atoms with Crippen molar-refractivity contribution in [2.75, 3.05) is 17.3 Å². The van der Waals surface area contributed by atoms with Gasteiger partial charge in [-0.2, -0.15) is 0 Å². The molecule has 8 nitrogen and oxygen atoms in total. The Labute approximate surface area is 155 Å². The highest BCUT2D eigenvalue weighted by atomic mass is 32.2. The quantitative estimate of drug-likeness (QED) is 0.740. The molecular formula is C15H23N7OS2. The van der Waals surface area contributed by atoms with E-state index in [9.17, 15) is 4.79 Å². The number of aromatic nitrogens is 5. The van der Waals surface area contributed by atoms with Gasteiger partial charge in [0, 0.05) is 5.92 Å². The second-order valence-electron chi connectivity index (χ2n) is 6.11. The molecule has 1 aliphatic rings.